The Morgan fingerprint density at radius 3 is 2.45 bits per heavy atom. The van der Waals surface area contributed by atoms with Crippen LogP contribution in [0.3, 0.4) is 0 Å². The Bertz CT molecular complexity index is 843. The number of amides is 2. The third kappa shape index (κ3) is 4.61. The molecule has 1 N–H and O–H groups in total. The van der Waals surface area contributed by atoms with Crippen LogP contribution in [0.15, 0.2) is 48.5 Å². The molecule has 1 atom stereocenters. The molecule has 0 bridgehead atoms. The van der Waals surface area contributed by atoms with Crippen molar-refractivity contribution in [3.05, 3.63) is 48.5 Å². The maximum absolute atomic E-state index is 13.1. The molecule has 0 spiro atoms. The molecule has 1 saturated heterocycles. The molecule has 0 aliphatic carbocycles. The van der Waals surface area contributed by atoms with Crippen molar-refractivity contribution in [1.29, 1.82) is 0 Å². The molecule has 154 valence electrons. The van der Waals surface area contributed by atoms with Gasteiger partial charge in [0, 0.05) is 23.7 Å². The lowest BCUT2D eigenvalue weighted by atomic mass is 10.0. The quantitative estimate of drug-likeness (QED) is 0.739. The second-order valence-electron chi connectivity index (χ2n) is 7.47. The summed E-state index contributed by atoms with van der Waals surface area (Å²) in [6, 6.07) is 15.1. The van der Waals surface area contributed by atoms with E-state index in [1.54, 1.807) is 12.0 Å². The van der Waals surface area contributed by atoms with Crippen LogP contribution in [0.1, 0.15) is 39.5 Å². The molecule has 29 heavy (non-hydrogen) atoms. The third-order valence-electron chi connectivity index (χ3n) is 5.76. The highest BCUT2D eigenvalue weighted by atomic mass is 16.5. The van der Waals surface area contributed by atoms with Crippen molar-refractivity contribution < 1.29 is 14.3 Å². The van der Waals surface area contributed by atoms with Gasteiger partial charge in [0.1, 0.15) is 11.8 Å². The molecule has 2 aromatic carbocycles. The van der Waals surface area contributed by atoms with E-state index in [0.717, 1.165) is 41.8 Å². The normalized spacial score (nSPS) is 16.1. The molecule has 1 aliphatic rings. The van der Waals surface area contributed by atoms with Crippen molar-refractivity contribution in [2.45, 2.75) is 45.6 Å². The average molecular weight is 395 g/mol. The molecular weight excluding hydrogens is 364 g/mol. The number of hydrogen-bond donors (Lipinski definition) is 1. The average Bonchev–Trinajstić information content (AvgIpc) is 3.25. The zero-order valence-corrected chi connectivity index (χ0v) is 17.5. The van der Waals surface area contributed by atoms with E-state index >= 15 is 0 Å². The van der Waals surface area contributed by atoms with E-state index in [2.05, 4.69) is 5.32 Å². The van der Waals surface area contributed by atoms with E-state index in [-0.39, 0.29) is 17.7 Å². The first-order valence-electron chi connectivity index (χ1n) is 10.4. The summed E-state index contributed by atoms with van der Waals surface area (Å²) in [6.07, 6.45) is 3.19. The van der Waals surface area contributed by atoms with Gasteiger partial charge in [-0.1, -0.05) is 44.2 Å². The minimum absolute atomic E-state index is 0.00464. The Labute approximate surface area is 173 Å². The number of carbonyl (C=O) groups is 2. The second kappa shape index (κ2) is 9.59. The molecule has 5 heteroatoms. The van der Waals surface area contributed by atoms with Gasteiger partial charge in [0.2, 0.25) is 11.8 Å². The standard InChI is InChI=1S/C24H30N2O3/c1-4-17(5-2)24(28)26-16-8-11-22(26)23(27)25-21-10-7-6-9-20(21)18-12-14-19(29-3)15-13-18/h6-7,9-10,12-15,17,22H,4-5,8,11,16H2,1-3H3,(H,25,27)/t22-/m0/s1. The molecule has 5 nitrogen and oxygen atoms in total. The lowest BCUT2D eigenvalue weighted by Gasteiger charge is -2.27. The van der Waals surface area contributed by atoms with Crippen LogP contribution in [-0.4, -0.2) is 36.4 Å². The zero-order valence-electron chi connectivity index (χ0n) is 17.5. The monoisotopic (exact) mass is 394 g/mol. The van der Waals surface area contributed by atoms with Crippen LogP contribution in [0, 0.1) is 5.92 Å². The fourth-order valence-corrected chi connectivity index (χ4v) is 4.01. The lowest BCUT2D eigenvalue weighted by molar-refractivity contribution is -0.140. The van der Waals surface area contributed by atoms with Gasteiger partial charge in [0.05, 0.1) is 7.11 Å². The lowest BCUT2D eigenvalue weighted by Crippen LogP contribution is -2.45. The summed E-state index contributed by atoms with van der Waals surface area (Å²) >= 11 is 0. The first-order chi connectivity index (χ1) is 14.1. The summed E-state index contributed by atoms with van der Waals surface area (Å²) in [5.41, 5.74) is 2.70. The van der Waals surface area contributed by atoms with Gasteiger partial charge in [0.25, 0.3) is 0 Å². The molecule has 2 amide bonds. The van der Waals surface area contributed by atoms with Gasteiger partial charge >= 0.3 is 0 Å². The molecule has 3 rings (SSSR count). The SMILES string of the molecule is CCC(CC)C(=O)N1CCC[C@H]1C(=O)Nc1ccccc1-c1ccc(OC)cc1. The van der Waals surface area contributed by atoms with Crippen molar-refractivity contribution >= 4 is 17.5 Å². The van der Waals surface area contributed by atoms with Crippen LogP contribution >= 0.6 is 0 Å². The molecule has 0 aromatic heterocycles. The van der Waals surface area contributed by atoms with Gasteiger partial charge in [-0.15, -0.1) is 0 Å². The summed E-state index contributed by atoms with van der Waals surface area (Å²) < 4.78 is 5.23. The molecule has 1 fully saturated rings. The van der Waals surface area contributed by atoms with Gasteiger partial charge in [-0.25, -0.2) is 0 Å². The topological polar surface area (TPSA) is 58.6 Å². The highest BCUT2D eigenvalue weighted by Gasteiger charge is 2.36. The summed E-state index contributed by atoms with van der Waals surface area (Å²) in [7, 11) is 1.64. The van der Waals surface area contributed by atoms with Crippen LogP contribution in [0.5, 0.6) is 5.75 Å². The van der Waals surface area contributed by atoms with Crippen LogP contribution in [0.4, 0.5) is 5.69 Å². The number of rotatable bonds is 7. The Morgan fingerprint density at radius 2 is 1.79 bits per heavy atom. The molecule has 2 aromatic rings. The molecule has 0 saturated carbocycles. The largest absolute Gasteiger partial charge is 0.497 e. The van der Waals surface area contributed by atoms with E-state index in [4.69, 9.17) is 4.74 Å². The Hall–Kier alpha value is -2.82. The van der Waals surface area contributed by atoms with Gasteiger partial charge < -0.3 is 15.0 Å². The number of nitrogens with zero attached hydrogens (tertiary/aromatic N) is 1. The van der Waals surface area contributed by atoms with E-state index in [0.29, 0.717) is 13.0 Å². The van der Waals surface area contributed by atoms with Crippen molar-refractivity contribution in [2.75, 3.05) is 19.0 Å². The Balaban J connectivity index is 1.79. The number of nitrogens with one attached hydrogen (secondary N) is 1. The highest BCUT2D eigenvalue weighted by molar-refractivity contribution is 6.00. The second-order valence-corrected chi connectivity index (χ2v) is 7.47. The molecular formula is C24H30N2O3. The number of ether oxygens (including phenoxy) is 1. The van der Waals surface area contributed by atoms with Crippen LogP contribution in [0.25, 0.3) is 11.1 Å². The van der Waals surface area contributed by atoms with Crippen LogP contribution in [0.2, 0.25) is 0 Å². The summed E-state index contributed by atoms with van der Waals surface area (Å²) in [5, 5.41) is 3.08. The summed E-state index contributed by atoms with van der Waals surface area (Å²) in [4.78, 5) is 27.7. The van der Waals surface area contributed by atoms with E-state index in [1.807, 2.05) is 62.4 Å². The maximum atomic E-state index is 13.1. The van der Waals surface area contributed by atoms with Crippen molar-refractivity contribution in [1.82, 2.24) is 4.90 Å². The molecule has 0 radical (unpaired) electrons. The predicted octanol–water partition coefficient (Wildman–Crippen LogP) is 4.73. The van der Waals surface area contributed by atoms with Gasteiger partial charge in [-0.2, -0.15) is 0 Å². The van der Waals surface area contributed by atoms with Crippen molar-refractivity contribution in [3.63, 3.8) is 0 Å². The van der Waals surface area contributed by atoms with Crippen molar-refractivity contribution in [3.8, 4) is 16.9 Å². The first kappa shape index (κ1) is 20.9. The van der Waals surface area contributed by atoms with E-state index in [9.17, 15) is 9.59 Å². The summed E-state index contributed by atoms with van der Waals surface area (Å²) in [6.45, 7) is 4.72. The Kier molecular flexibility index (Phi) is 6.91. The van der Waals surface area contributed by atoms with Gasteiger partial charge in [-0.05, 0) is 49.4 Å². The Morgan fingerprint density at radius 1 is 1.10 bits per heavy atom. The van der Waals surface area contributed by atoms with Gasteiger partial charge in [0.15, 0.2) is 0 Å². The molecule has 1 aliphatic heterocycles. The summed E-state index contributed by atoms with van der Waals surface area (Å²) in [5.74, 6) is 0.783. The van der Waals surface area contributed by atoms with E-state index < -0.39 is 6.04 Å². The zero-order chi connectivity index (χ0) is 20.8. The number of carbonyl (C=O) groups excluding carboxylic acids is 2. The fourth-order valence-electron chi connectivity index (χ4n) is 4.01. The van der Waals surface area contributed by atoms with E-state index in [1.165, 1.54) is 0 Å². The van der Waals surface area contributed by atoms with Crippen LogP contribution in [-0.2, 0) is 9.59 Å². The minimum atomic E-state index is -0.396. The molecule has 1 heterocycles. The highest BCUT2D eigenvalue weighted by Crippen LogP contribution is 2.30. The number of hydrogen-bond acceptors (Lipinski definition) is 3. The van der Waals surface area contributed by atoms with Crippen molar-refractivity contribution in [2.24, 2.45) is 5.92 Å². The number of benzene rings is 2. The number of likely N-dealkylation sites (tertiary alicyclic amines) is 1. The number of anilines is 1. The number of methoxy groups -OCH3 is 1. The van der Waals surface area contributed by atoms with Crippen LogP contribution < -0.4 is 10.1 Å². The smallest absolute Gasteiger partial charge is 0.247 e. The van der Waals surface area contributed by atoms with Gasteiger partial charge in [-0.3, -0.25) is 9.59 Å². The number of para-hydroxylation sites is 1. The maximum Gasteiger partial charge on any atom is 0.247 e. The fraction of sp³-hybridized carbons (Fsp3) is 0.417. The molecule has 0 unspecified atom stereocenters. The first-order valence-corrected chi connectivity index (χ1v) is 10.4. The third-order valence-corrected chi connectivity index (χ3v) is 5.76. The minimum Gasteiger partial charge on any atom is -0.497 e. The predicted molar refractivity (Wildman–Crippen MR) is 116 cm³/mol.